The van der Waals surface area contributed by atoms with E-state index in [-0.39, 0.29) is 56.1 Å². The topological polar surface area (TPSA) is 275 Å². The van der Waals surface area contributed by atoms with Crippen molar-refractivity contribution in [3.8, 4) is 17.4 Å². The van der Waals surface area contributed by atoms with Gasteiger partial charge >= 0.3 is 0 Å². The Bertz CT molecular complexity index is 1700. The van der Waals surface area contributed by atoms with Crippen LogP contribution in [-0.2, 0) is 31.9 Å². The normalized spacial score (nSPS) is 11.7. The maximum absolute atomic E-state index is 13.7. The van der Waals surface area contributed by atoms with E-state index in [1.807, 2.05) is 24.3 Å². The van der Waals surface area contributed by atoms with Crippen molar-refractivity contribution in [3.05, 3.63) is 71.0 Å². The van der Waals surface area contributed by atoms with Crippen LogP contribution in [0.25, 0.3) is 11.4 Å². The Hall–Kier alpha value is -5.39. The summed E-state index contributed by atoms with van der Waals surface area (Å²) in [6.07, 6.45) is 1.33. The van der Waals surface area contributed by atoms with Crippen molar-refractivity contribution in [1.29, 1.82) is 5.26 Å². The molecule has 18 nitrogen and oxygen atoms in total. The van der Waals surface area contributed by atoms with Crippen LogP contribution >= 0.6 is 0 Å². The van der Waals surface area contributed by atoms with E-state index in [2.05, 4.69) is 46.8 Å². The molecule has 0 unspecified atom stereocenters. The minimum absolute atomic E-state index is 0.115. The van der Waals surface area contributed by atoms with Gasteiger partial charge in [-0.15, -0.1) is 30.6 Å². The number of aryl methyl sites for hydroxylation is 1. The summed E-state index contributed by atoms with van der Waals surface area (Å²) in [5.41, 5.74) is 25.6. The van der Waals surface area contributed by atoms with Crippen molar-refractivity contribution in [3.63, 3.8) is 0 Å². The predicted octanol–water partition coefficient (Wildman–Crippen LogP) is -0.220. The molecule has 0 aliphatic heterocycles. The lowest BCUT2D eigenvalue weighted by Gasteiger charge is -2.25. The first-order valence-corrected chi connectivity index (χ1v) is 18.7. The number of benzene rings is 2. The van der Waals surface area contributed by atoms with Crippen LogP contribution in [0.1, 0.15) is 29.4 Å². The lowest BCUT2D eigenvalue weighted by Crippen LogP contribution is -2.41. The molecule has 0 bridgehead atoms. The lowest BCUT2D eigenvalue weighted by molar-refractivity contribution is -0.130. The molecule has 0 saturated carbocycles. The third kappa shape index (κ3) is 17.4. The Kier molecular flexibility index (Phi) is 20.6. The van der Waals surface area contributed by atoms with E-state index in [0.717, 1.165) is 16.7 Å². The van der Waals surface area contributed by atoms with Gasteiger partial charge in [0.15, 0.2) is 11.7 Å². The number of rotatable bonds is 26. The zero-order valence-corrected chi connectivity index (χ0v) is 32.5. The number of aromatic nitrogens is 4. The second-order valence-electron chi connectivity index (χ2n) is 13.0. The van der Waals surface area contributed by atoms with Crippen LogP contribution in [-0.4, -0.2) is 139 Å². The number of hydrogen-bond donors (Lipinski definition) is 5. The highest BCUT2D eigenvalue weighted by molar-refractivity contribution is 6.67. The molecule has 1 aromatic heterocycles. The summed E-state index contributed by atoms with van der Waals surface area (Å²) in [6, 6.07) is 14.4. The van der Waals surface area contributed by atoms with Gasteiger partial charge in [-0.1, -0.05) is 48.5 Å². The van der Waals surface area contributed by atoms with Crippen LogP contribution in [0.2, 0.25) is 12.6 Å². The molecule has 0 fully saturated rings. The average molecular weight is 771 g/mol. The van der Waals surface area contributed by atoms with Gasteiger partial charge in [-0.05, 0) is 44.2 Å². The molecule has 1 heterocycles. The molecular formula is C37H55BN14O4. The van der Waals surface area contributed by atoms with E-state index in [0.29, 0.717) is 95.5 Å². The van der Waals surface area contributed by atoms with Crippen LogP contribution in [0, 0.1) is 18.2 Å². The molecule has 3 aromatic rings. The van der Waals surface area contributed by atoms with Crippen LogP contribution < -0.4 is 28.3 Å². The maximum Gasteiger partial charge on any atom is 0.270 e. The summed E-state index contributed by atoms with van der Waals surface area (Å²) in [4.78, 5) is 30.6. The van der Waals surface area contributed by atoms with Crippen molar-refractivity contribution in [1.82, 2.24) is 35.5 Å². The lowest BCUT2D eigenvalue weighted by atomic mass is 9.46. The highest BCUT2D eigenvalue weighted by atomic mass is 16.5. The molecule has 19 heteroatoms. The fourth-order valence-corrected chi connectivity index (χ4v) is 5.39. The highest BCUT2D eigenvalue weighted by Crippen LogP contribution is 2.15. The molecule has 0 saturated heterocycles. The highest BCUT2D eigenvalue weighted by Gasteiger charge is 2.21. The van der Waals surface area contributed by atoms with Crippen LogP contribution in [0.3, 0.4) is 0 Å². The Labute approximate surface area is 329 Å². The van der Waals surface area contributed by atoms with E-state index in [4.69, 9.17) is 32.4 Å². The molecule has 3 rings (SSSR count). The first-order valence-electron chi connectivity index (χ1n) is 18.7. The van der Waals surface area contributed by atoms with E-state index < -0.39 is 0 Å². The third-order valence-corrected chi connectivity index (χ3v) is 8.48. The number of carbonyl (C=O) groups is 2. The number of amides is 2. The molecule has 0 spiro atoms. The number of hydrogen-bond acceptors (Lipinski definition) is 14. The van der Waals surface area contributed by atoms with Gasteiger partial charge in [0.05, 0.1) is 39.3 Å². The molecule has 2 amide bonds. The molecule has 0 aliphatic rings. The van der Waals surface area contributed by atoms with Crippen molar-refractivity contribution >= 4 is 30.2 Å². The number of nitrogens with two attached hydrogens (primary N) is 4. The number of ether oxygens (including phenoxy) is 2. The fourth-order valence-electron chi connectivity index (χ4n) is 5.39. The smallest absolute Gasteiger partial charge is 0.270 e. The molecular weight excluding hydrogens is 715 g/mol. The van der Waals surface area contributed by atoms with Gasteiger partial charge in [0.25, 0.3) is 6.71 Å². The van der Waals surface area contributed by atoms with E-state index >= 15 is 0 Å². The van der Waals surface area contributed by atoms with Gasteiger partial charge in [0.2, 0.25) is 17.6 Å². The van der Waals surface area contributed by atoms with Crippen molar-refractivity contribution in [2.75, 3.05) is 78.8 Å². The van der Waals surface area contributed by atoms with Crippen LogP contribution in [0.5, 0.6) is 0 Å². The molecule has 300 valence electrons. The minimum Gasteiger partial charge on any atom is -0.386 e. The first-order chi connectivity index (χ1) is 27.1. The van der Waals surface area contributed by atoms with Crippen molar-refractivity contribution in [2.45, 2.75) is 39.3 Å². The van der Waals surface area contributed by atoms with Crippen LogP contribution in [0.4, 0.5) is 0 Å². The molecule has 0 atom stereocenters. The Morgan fingerprint density at radius 1 is 0.804 bits per heavy atom. The van der Waals surface area contributed by atoms with E-state index in [9.17, 15) is 14.9 Å². The largest absolute Gasteiger partial charge is 0.386 e. The maximum atomic E-state index is 13.7. The van der Waals surface area contributed by atoms with Gasteiger partial charge in [-0.2, -0.15) is 0 Å². The van der Waals surface area contributed by atoms with Gasteiger partial charge < -0.3 is 42.6 Å². The van der Waals surface area contributed by atoms with E-state index in [1.165, 1.54) is 0 Å². The summed E-state index contributed by atoms with van der Waals surface area (Å²) < 4.78 is 11.2. The molecule has 0 aliphatic carbocycles. The first kappa shape index (κ1) is 45.0. The number of amidine groups is 2. The average Bonchev–Trinajstić information content (AvgIpc) is 3.19. The second-order valence-corrected chi connectivity index (χ2v) is 13.0. The SMILES string of the molecule is C/C(N)=N/N=C(\N)c1ccc(CC(=O)N(CCNC(=O)Cc2ccc(-c3nnc(C)nn3)cc2)CCB(C#N)CCN(CCOCCN)CCOCCN)cc1. The van der Waals surface area contributed by atoms with Gasteiger partial charge in [0, 0.05) is 62.9 Å². The monoisotopic (exact) mass is 770 g/mol. The summed E-state index contributed by atoms with van der Waals surface area (Å²) in [5.74, 6) is 3.45. The summed E-state index contributed by atoms with van der Waals surface area (Å²) >= 11 is 0. The Balaban J connectivity index is 1.63. The second kappa shape index (κ2) is 25.6. The number of carbonyl (C=O) groups excluding carboxylic acids is 2. The number of nitrogens with zero attached hydrogens (tertiary/aromatic N) is 9. The summed E-state index contributed by atoms with van der Waals surface area (Å²) in [7, 11) is 0. The summed E-state index contributed by atoms with van der Waals surface area (Å²) in [6.45, 7) is 8.74. The molecule has 9 N–H and O–H groups in total. The van der Waals surface area contributed by atoms with Crippen molar-refractivity contribution in [2.24, 2.45) is 33.1 Å². The quantitative estimate of drug-likeness (QED) is 0.0232. The predicted molar refractivity (Wildman–Crippen MR) is 216 cm³/mol. The van der Waals surface area contributed by atoms with E-state index in [1.54, 1.807) is 43.0 Å². The van der Waals surface area contributed by atoms with Crippen LogP contribution in [0.15, 0.2) is 58.7 Å². The van der Waals surface area contributed by atoms with Crippen molar-refractivity contribution < 1.29 is 19.1 Å². The summed E-state index contributed by atoms with van der Waals surface area (Å²) in [5, 5.41) is 36.7. The Morgan fingerprint density at radius 3 is 1.98 bits per heavy atom. The number of nitriles is 1. The third-order valence-electron chi connectivity index (χ3n) is 8.48. The van der Waals surface area contributed by atoms with Gasteiger partial charge in [-0.3, -0.25) is 14.5 Å². The molecule has 56 heavy (non-hydrogen) atoms. The number of nitrogens with one attached hydrogen (secondary N) is 1. The minimum atomic E-state index is -0.307. The zero-order valence-electron chi connectivity index (χ0n) is 32.5. The molecule has 2 aromatic carbocycles. The zero-order chi connectivity index (χ0) is 40.5. The molecule has 0 radical (unpaired) electrons. The van der Waals surface area contributed by atoms with Gasteiger partial charge in [0.1, 0.15) is 5.84 Å². The van der Waals surface area contributed by atoms with Gasteiger partial charge in [-0.25, -0.2) is 5.26 Å². The standard InChI is InChI=1S/C37H55BN14O4/c1-28(42)45-48-36(43)32-7-3-31(4-8-32)26-35(54)52(17-12-38(27-41)11-16-51(19-23-55-21-13-39)20-24-56-22-14-40)18-15-44-34(53)25-30-5-9-33(10-6-30)37-49-46-29(2)47-50-37/h3-10H,11-26,39-40H2,1-2H3,(H2,42,45)(H2,43,48)(H,44,53). The fraction of sp³-hybridized carbons (Fsp3) is 0.486. The Morgan fingerprint density at radius 2 is 1.39 bits per heavy atom.